The Balaban J connectivity index is 1.60. The van der Waals surface area contributed by atoms with Gasteiger partial charge in [-0.1, -0.05) is 17.8 Å². The molecule has 0 spiro atoms. The van der Waals surface area contributed by atoms with Crippen LogP contribution in [0.3, 0.4) is 0 Å². The number of thiophene rings is 1. The van der Waals surface area contributed by atoms with Crippen LogP contribution in [-0.4, -0.2) is 40.6 Å². The van der Waals surface area contributed by atoms with Gasteiger partial charge in [-0.2, -0.15) is 0 Å². The van der Waals surface area contributed by atoms with E-state index < -0.39 is 0 Å². The van der Waals surface area contributed by atoms with E-state index in [1.54, 1.807) is 25.6 Å². The molecule has 148 valence electrons. The van der Waals surface area contributed by atoms with E-state index in [1.807, 2.05) is 47.2 Å². The zero-order valence-corrected chi connectivity index (χ0v) is 17.6. The van der Waals surface area contributed by atoms with Crippen LogP contribution in [0.1, 0.15) is 12.5 Å². The van der Waals surface area contributed by atoms with Crippen molar-refractivity contribution in [1.29, 1.82) is 0 Å². The molecule has 28 heavy (non-hydrogen) atoms. The van der Waals surface area contributed by atoms with Crippen LogP contribution < -0.4 is 14.8 Å². The first-order valence-corrected chi connectivity index (χ1v) is 10.6. The van der Waals surface area contributed by atoms with E-state index in [0.29, 0.717) is 12.3 Å². The second-order valence-electron chi connectivity index (χ2n) is 5.77. The number of aromatic nitrogens is 3. The Morgan fingerprint density at radius 3 is 2.79 bits per heavy atom. The van der Waals surface area contributed by atoms with Crippen LogP contribution in [0.2, 0.25) is 0 Å². The van der Waals surface area contributed by atoms with Crippen LogP contribution in [0.15, 0.2) is 40.9 Å². The Bertz CT molecular complexity index is 925. The lowest BCUT2D eigenvalue weighted by atomic mass is 10.2. The third kappa shape index (κ3) is 4.66. The molecule has 2 heterocycles. The van der Waals surface area contributed by atoms with Crippen molar-refractivity contribution in [2.45, 2.75) is 25.2 Å². The van der Waals surface area contributed by atoms with E-state index in [2.05, 4.69) is 15.5 Å². The fraction of sp³-hybridized carbons (Fsp3) is 0.316. The Kier molecular flexibility index (Phi) is 6.94. The maximum absolute atomic E-state index is 12.3. The molecule has 0 atom stereocenters. The molecule has 7 nitrogen and oxygen atoms in total. The van der Waals surface area contributed by atoms with E-state index in [1.165, 1.54) is 11.8 Å². The van der Waals surface area contributed by atoms with E-state index in [0.717, 1.165) is 33.7 Å². The van der Waals surface area contributed by atoms with Gasteiger partial charge in [0.2, 0.25) is 5.91 Å². The topological polar surface area (TPSA) is 78.3 Å². The lowest BCUT2D eigenvalue weighted by molar-refractivity contribution is -0.118. The van der Waals surface area contributed by atoms with Crippen LogP contribution >= 0.6 is 23.1 Å². The minimum Gasteiger partial charge on any atom is -0.497 e. The number of carbonyl (C=O) groups is 1. The maximum atomic E-state index is 12.3. The monoisotopic (exact) mass is 418 g/mol. The highest BCUT2D eigenvalue weighted by molar-refractivity contribution is 7.99. The van der Waals surface area contributed by atoms with Gasteiger partial charge in [0.15, 0.2) is 11.0 Å². The molecule has 3 aromatic rings. The molecule has 0 fully saturated rings. The Labute approximate surface area is 172 Å². The second-order valence-corrected chi connectivity index (χ2v) is 7.66. The minimum absolute atomic E-state index is 0.0850. The highest BCUT2D eigenvalue weighted by Gasteiger charge is 2.15. The third-order valence-corrected chi connectivity index (χ3v) is 5.90. The summed E-state index contributed by atoms with van der Waals surface area (Å²) in [6.07, 6.45) is 0. The van der Waals surface area contributed by atoms with Crippen LogP contribution in [0.4, 0.5) is 0 Å². The molecule has 0 radical (unpaired) electrons. The zero-order valence-electron chi connectivity index (χ0n) is 16.0. The van der Waals surface area contributed by atoms with Gasteiger partial charge >= 0.3 is 0 Å². The zero-order chi connectivity index (χ0) is 19.9. The predicted octanol–water partition coefficient (Wildman–Crippen LogP) is 3.45. The minimum atomic E-state index is -0.0850. The molecule has 2 aromatic heterocycles. The largest absolute Gasteiger partial charge is 0.497 e. The number of nitrogens with zero attached hydrogens (tertiary/aromatic N) is 3. The van der Waals surface area contributed by atoms with Gasteiger partial charge in [0, 0.05) is 18.7 Å². The van der Waals surface area contributed by atoms with Crippen LogP contribution in [-0.2, 0) is 17.9 Å². The summed E-state index contributed by atoms with van der Waals surface area (Å²) in [5.41, 5.74) is 0.858. The molecule has 9 heteroatoms. The SMILES string of the molecule is CCn1c(SCC(=O)NCc2cc(OC)ccc2OC)nnc1-c1cccs1. The normalized spacial score (nSPS) is 10.7. The summed E-state index contributed by atoms with van der Waals surface area (Å²) in [5, 5.41) is 14.2. The number of methoxy groups -OCH3 is 2. The number of hydrogen-bond acceptors (Lipinski definition) is 7. The number of hydrogen-bond donors (Lipinski definition) is 1. The van der Waals surface area contributed by atoms with Gasteiger partial charge in [-0.25, -0.2) is 0 Å². The summed E-state index contributed by atoms with van der Waals surface area (Å²) < 4.78 is 12.6. The first-order chi connectivity index (χ1) is 13.7. The Hall–Kier alpha value is -2.52. The number of benzene rings is 1. The second kappa shape index (κ2) is 9.61. The van der Waals surface area contributed by atoms with Crippen molar-refractivity contribution in [2.24, 2.45) is 0 Å². The molecule has 3 rings (SSSR count). The average Bonchev–Trinajstić information content (AvgIpc) is 3.39. The molecule has 0 saturated carbocycles. The standard InChI is InChI=1S/C19H22N4O3S2/c1-4-23-18(16-6-5-9-27-16)21-22-19(23)28-12-17(24)20-11-13-10-14(25-2)7-8-15(13)26-3/h5-10H,4,11-12H2,1-3H3,(H,20,24). The quantitative estimate of drug-likeness (QED) is 0.536. The number of rotatable bonds is 9. The van der Waals surface area contributed by atoms with Crippen molar-refractivity contribution in [3.63, 3.8) is 0 Å². The Morgan fingerprint density at radius 1 is 1.25 bits per heavy atom. The highest BCUT2D eigenvalue weighted by Crippen LogP contribution is 2.27. The summed E-state index contributed by atoms with van der Waals surface area (Å²) in [4.78, 5) is 13.4. The molecular formula is C19H22N4O3S2. The molecule has 1 amide bonds. The third-order valence-electron chi connectivity index (χ3n) is 4.07. The molecule has 0 unspecified atom stereocenters. The maximum Gasteiger partial charge on any atom is 0.230 e. The predicted molar refractivity (Wildman–Crippen MR) is 111 cm³/mol. The highest BCUT2D eigenvalue weighted by atomic mass is 32.2. The molecule has 0 saturated heterocycles. The fourth-order valence-electron chi connectivity index (χ4n) is 2.66. The van der Waals surface area contributed by atoms with E-state index in [9.17, 15) is 4.79 Å². The van der Waals surface area contributed by atoms with Crippen molar-refractivity contribution < 1.29 is 14.3 Å². The smallest absolute Gasteiger partial charge is 0.230 e. The van der Waals surface area contributed by atoms with Gasteiger partial charge in [0.05, 0.1) is 24.8 Å². The lowest BCUT2D eigenvalue weighted by Crippen LogP contribution is -2.25. The number of amides is 1. The van der Waals surface area contributed by atoms with E-state index in [4.69, 9.17) is 9.47 Å². The number of ether oxygens (including phenoxy) is 2. The summed E-state index contributed by atoms with van der Waals surface area (Å²) in [6.45, 7) is 3.14. The van der Waals surface area contributed by atoms with Crippen molar-refractivity contribution in [1.82, 2.24) is 20.1 Å². The summed E-state index contributed by atoms with van der Waals surface area (Å²) in [6, 6.07) is 9.51. The molecule has 1 aromatic carbocycles. The number of nitrogens with one attached hydrogen (secondary N) is 1. The molecule has 0 aliphatic carbocycles. The van der Waals surface area contributed by atoms with Gasteiger partial charge < -0.3 is 19.4 Å². The summed E-state index contributed by atoms with van der Waals surface area (Å²) in [5.74, 6) is 2.44. The van der Waals surface area contributed by atoms with Crippen LogP contribution in [0.5, 0.6) is 11.5 Å². The number of carbonyl (C=O) groups excluding carboxylic acids is 1. The lowest BCUT2D eigenvalue weighted by Gasteiger charge is -2.11. The molecule has 1 N–H and O–H groups in total. The molecule has 0 aliphatic heterocycles. The average molecular weight is 419 g/mol. The number of thioether (sulfide) groups is 1. The first-order valence-electron chi connectivity index (χ1n) is 8.73. The van der Waals surface area contributed by atoms with Gasteiger partial charge in [-0.05, 0) is 36.6 Å². The van der Waals surface area contributed by atoms with Gasteiger partial charge in [-0.15, -0.1) is 21.5 Å². The molecule has 0 bridgehead atoms. The van der Waals surface area contributed by atoms with Gasteiger partial charge in [0.1, 0.15) is 11.5 Å². The first kappa shape index (κ1) is 20.2. The van der Waals surface area contributed by atoms with Gasteiger partial charge in [0.25, 0.3) is 0 Å². The van der Waals surface area contributed by atoms with Crippen LogP contribution in [0.25, 0.3) is 10.7 Å². The molecule has 0 aliphatic rings. The van der Waals surface area contributed by atoms with Crippen molar-refractivity contribution in [3.05, 3.63) is 41.3 Å². The fourth-order valence-corrected chi connectivity index (χ4v) is 4.21. The van der Waals surface area contributed by atoms with E-state index in [-0.39, 0.29) is 11.7 Å². The summed E-state index contributed by atoms with van der Waals surface area (Å²) >= 11 is 3.00. The molecular weight excluding hydrogens is 396 g/mol. The van der Waals surface area contributed by atoms with Gasteiger partial charge in [-0.3, -0.25) is 4.79 Å². The van der Waals surface area contributed by atoms with E-state index >= 15 is 0 Å². The Morgan fingerprint density at radius 2 is 2.11 bits per heavy atom. The van der Waals surface area contributed by atoms with Crippen molar-refractivity contribution in [3.8, 4) is 22.2 Å². The van der Waals surface area contributed by atoms with Crippen molar-refractivity contribution >= 4 is 29.0 Å². The van der Waals surface area contributed by atoms with Crippen molar-refractivity contribution in [2.75, 3.05) is 20.0 Å². The van der Waals surface area contributed by atoms with Crippen LogP contribution in [0, 0.1) is 0 Å². The summed E-state index contributed by atoms with van der Waals surface area (Å²) in [7, 11) is 3.21.